The van der Waals surface area contributed by atoms with Gasteiger partial charge in [-0.1, -0.05) is 24.3 Å². The molecule has 1 aromatic rings. The van der Waals surface area contributed by atoms with Crippen LogP contribution in [0.25, 0.3) is 0 Å². The van der Waals surface area contributed by atoms with Crippen LogP contribution in [-0.2, 0) is 6.42 Å². The predicted molar refractivity (Wildman–Crippen MR) is 54.9 cm³/mol. The van der Waals surface area contributed by atoms with Crippen molar-refractivity contribution in [2.24, 2.45) is 0 Å². The van der Waals surface area contributed by atoms with Crippen LogP contribution in [0.1, 0.15) is 24.0 Å². The molecule has 1 heterocycles. The molecule has 0 amide bonds. The van der Waals surface area contributed by atoms with Gasteiger partial charge in [-0.2, -0.15) is 0 Å². The number of hydrogen-bond donors (Lipinski definition) is 0. The molecular formula is C12H16N. The van der Waals surface area contributed by atoms with E-state index in [1.165, 1.54) is 24.0 Å². The van der Waals surface area contributed by atoms with Crippen LogP contribution < -0.4 is 5.32 Å². The zero-order chi connectivity index (χ0) is 9.10. The summed E-state index contributed by atoms with van der Waals surface area (Å²) in [5.74, 6) is 0. The Morgan fingerprint density at radius 2 is 2.23 bits per heavy atom. The van der Waals surface area contributed by atoms with Crippen LogP contribution >= 0.6 is 0 Å². The summed E-state index contributed by atoms with van der Waals surface area (Å²) >= 11 is 0. The second-order valence-corrected chi connectivity index (χ2v) is 3.83. The molecule has 1 aliphatic rings. The van der Waals surface area contributed by atoms with E-state index in [1.54, 1.807) is 0 Å². The quantitative estimate of drug-likeness (QED) is 0.653. The van der Waals surface area contributed by atoms with Crippen molar-refractivity contribution in [1.29, 1.82) is 0 Å². The third kappa shape index (κ3) is 2.10. The molecule has 1 saturated heterocycles. The van der Waals surface area contributed by atoms with Gasteiger partial charge in [0.2, 0.25) is 0 Å². The first-order valence-corrected chi connectivity index (χ1v) is 5.07. The van der Waals surface area contributed by atoms with Crippen molar-refractivity contribution < 1.29 is 0 Å². The zero-order valence-electron chi connectivity index (χ0n) is 8.16. The molecule has 1 aromatic carbocycles. The van der Waals surface area contributed by atoms with Gasteiger partial charge in [0, 0.05) is 12.6 Å². The molecule has 13 heavy (non-hydrogen) atoms. The van der Waals surface area contributed by atoms with Gasteiger partial charge < -0.3 is 0 Å². The Labute approximate surface area is 80.2 Å². The van der Waals surface area contributed by atoms with E-state index in [2.05, 4.69) is 36.5 Å². The summed E-state index contributed by atoms with van der Waals surface area (Å²) in [7, 11) is 0. The fourth-order valence-electron chi connectivity index (χ4n) is 1.95. The molecule has 1 radical (unpaired) electrons. The van der Waals surface area contributed by atoms with Gasteiger partial charge in [-0.25, -0.2) is 5.32 Å². The van der Waals surface area contributed by atoms with Gasteiger partial charge >= 0.3 is 0 Å². The van der Waals surface area contributed by atoms with Gasteiger partial charge in [-0.15, -0.1) is 0 Å². The van der Waals surface area contributed by atoms with E-state index < -0.39 is 0 Å². The summed E-state index contributed by atoms with van der Waals surface area (Å²) < 4.78 is 0. The highest BCUT2D eigenvalue weighted by molar-refractivity contribution is 5.26. The van der Waals surface area contributed by atoms with Gasteiger partial charge in [0.15, 0.2) is 0 Å². The lowest BCUT2D eigenvalue weighted by Crippen LogP contribution is -2.17. The number of benzene rings is 1. The minimum absolute atomic E-state index is 0.598. The van der Waals surface area contributed by atoms with Crippen LogP contribution in [0.5, 0.6) is 0 Å². The molecule has 0 N–H and O–H groups in total. The second kappa shape index (κ2) is 3.93. The van der Waals surface area contributed by atoms with E-state index in [1.807, 2.05) is 0 Å². The Hall–Kier alpha value is -0.820. The van der Waals surface area contributed by atoms with Crippen molar-refractivity contribution in [1.82, 2.24) is 5.32 Å². The molecule has 1 nitrogen and oxygen atoms in total. The molecule has 1 unspecified atom stereocenters. The average Bonchev–Trinajstić information content (AvgIpc) is 2.61. The fraction of sp³-hybridized carbons (Fsp3) is 0.500. The summed E-state index contributed by atoms with van der Waals surface area (Å²) in [6.45, 7) is 3.26. The largest absolute Gasteiger partial charge is 0.238 e. The zero-order valence-corrected chi connectivity index (χ0v) is 8.16. The minimum Gasteiger partial charge on any atom is -0.238 e. The number of hydrogen-bond acceptors (Lipinski definition) is 0. The van der Waals surface area contributed by atoms with E-state index in [0.717, 1.165) is 13.0 Å². The highest BCUT2D eigenvalue weighted by Crippen LogP contribution is 2.15. The first kappa shape index (κ1) is 8.76. The summed E-state index contributed by atoms with van der Waals surface area (Å²) in [5.41, 5.74) is 2.88. The maximum Gasteiger partial charge on any atom is 0.0286 e. The van der Waals surface area contributed by atoms with Crippen LogP contribution in [0.15, 0.2) is 24.3 Å². The van der Waals surface area contributed by atoms with Gasteiger partial charge in [-0.3, -0.25) is 0 Å². The molecule has 0 aliphatic carbocycles. The second-order valence-electron chi connectivity index (χ2n) is 3.83. The maximum absolute atomic E-state index is 4.57. The third-order valence-corrected chi connectivity index (χ3v) is 2.80. The van der Waals surface area contributed by atoms with Gasteiger partial charge in [0.05, 0.1) is 0 Å². The topological polar surface area (TPSA) is 14.1 Å². The molecule has 0 saturated carbocycles. The lowest BCUT2D eigenvalue weighted by molar-refractivity contribution is 0.591. The minimum atomic E-state index is 0.598. The Balaban J connectivity index is 2.04. The van der Waals surface area contributed by atoms with Crippen molar-refractivity contribution in [3.05, 3.63) is 35.4 Å². The van der Waals surface area contributed by atoms with Crippen molar-refractivity contribution in [3.8, 4) is 0 Å². The third-order valence-electron chi connectivity index (χ3n) is 2.80. The van der Waals surface area contributed by atoms with Crippen LogP contribution in [0, 0.1) is 6.92 Å². The molecule has 0 bridgehead atoms. The highest BCUT2D eigenvalue weighted by atomic mass is 14.9. The van der Waals surface area contributed by atoms with Crippen LogP contribution in [0.4, 0.5) is 0 Å². The Morgan fingerprint density at radius 1 is 1.38 bits per heavy atom. The Bertz CT molecular complexity index is 274. The van der Waals surface area contributed by atoms with Crippen LogP contribution in [0.3, 0.4) is 0 Å². The molecule has 0 spiro atoms. The van der Waals surface area contributed by atoms with E-state index in [-0.39, 0.29) is 0 Å². The molecule has 0 aromatic heterocycles. The monoisotopic (exact) mass is 174 g/mol. The Morgan fingerprint density at radius 3 is 2.92 bits per heavy atom. The van der Waals surface area contributed by atoms with Gasteiger partial charge in [0.25, 0.3) is 0 Å². The van der Waals surface area contributed by atoms with Gasteiger partial charge in [-0.05, 0) is 37.3 Å². The lowest BCUT2D eigenvalue weighted by atomic mass is 10.0. The first-order valence-electron chi connectivity index (χ1n) is 5.07. The molecule has 1 heteroatoms. The predicted octanol–water partition coefficient (Wildman–Crippen LogP) is 2.30. The van der Waals surface area contributed by atoms with E-state index in [4.69, 9.17) is 0 Å². The van der Waals surface area contributed by atoms with E-state index >= 15 is 0 Å². The SMILES string of the molecule is Cc1ccccc1CC1CCC[N]1. The standard InChI is InChI=1S/C12H16N/c1-10-5-2-3-6-11(10)9-12-7-4-8-13-12/h2-3,5-6,12H,4,7-9H2,1H3. The molecule has 1 aliphatic heterocycles. The smallest absolute Gasteiger partial charge is 0.0286 e. The summed E-state index contributed by atoms with van der Waals surface area (Å²) in [6, 6.07) is 9.23. The fourth-order valence-corrected chi connectivity index (χ4v) is 1.95. The maximum atomic E-state index is 4.57. The summed E-state index contributed by atoms with van der Waals surface area (Å²) in [4.78, 5) is 0. The lowest BCUT2D eigenvalue weighted by Gasteiger charge is -2.10. The van der Waals surface area contributed by atoms with Crippen LogP contribution in [0.2, 0.25) is 0 Å². The molecule has 69 valence electrons. The van der Waals surface area contributed by atoms with Crippen molar-refractivity contribution in [2.75, 3.05) is 6.54 Å². The van der Waals surface area contributed by atoms with E-state index in [0.29, 0.717) is 6.04 Å². The van der Waals surface area contributed by atoms with Crippen LogP contribution in [-0.4, -0.2) is 12.6 Å². The average molecular weight is 174 g/mol. The molecule has 2 rings (SSSR count). The van der Waals surface area contributed by atoms with Crippen molar-refractivity contribution in [3.63, 3.8) is 0 Å². The van der Waals surface area contributed by atoms with Crippen molar-refractivity contribution in [2.45, 2.75) is 32.2 Å². The molecule has 1 fully saturated rings. The van der Waals surface area contributed by atoms with Gasteiger partial charge in [0.1, 0.15) is 0 Å². The Kier molecular flexibility index (Phi) is 2.65. The number of rotatable bonds is 2. The first-order chi connectivity index (χ1) is 6.36. The number of nitrogens with zero attached hydrogens (tertiary/aromatic N) is 1. The van der Waals surface area contributed by atoms with Crippen molar-refractivity contribution >= 4 is 0 Å². The normalized spacial score (nSPS) is 22.1. The molecule has 1 atom stereocenters. The molecular weight excluding hydrogens is 158 g/mol. The highest BCUT2D eigenvalue weighted by Gasteiger charge is 2.16. The summed E-state index contributed by atoms with van der Waals surface area (Å²) in [6.07, 6.45) is 3.72. The van der Waals surface area contributed by atoms with E-state index in [9.17, 15) is 0 Å². The summed E-state index contributed by atoms with van der Waals surface area (Å²) in [5, 5.41) is 4.57. The number of aryl methyl sites for hydroxylation is 1.